The molecule has 0 unspecified atom stereocenters. The number of carbonyl (C=O) groups is 1. The van der Waals surface area contributed by atoms with Gasteiger partial charge in [0.05, 0.1) is 37.8 Å². The van der Waals surface area contributed by atoms with Crippen LogP contribution < -0.4 is 15.6 Å². The quantitative estimate of drug-likeness (QED) is 0.0606. The third-order valence-corrected chi connectivity index (χ3v) is 10.6. The van der Waals surface area contributed by atoms with Crippen LogP contribution in [0.25, 0.3) is 5.69 Å². The Bertz CT molecular complexity index is 1880. The van der Waals surface area contributed by atoms with Crippen molar-refractivity contribution < 1.29 is 17.9 Å². The molecule has 0 amide bonds. The Morgan fingerprint density at radius 3 is 1.94 bits per heavy atom. The maximum absolute atomic E-state index is 13.8. The Kier molecular flexibility index (Phi) is 15.4. The predicted octanol–water partition coefficient (Wildman–Crippen LogP) is 11.2. The summed E-state index contributed by atoms with van der Waals surface area (Å²) >= 11 is 25.6. The lowest BCUT2D eigenvalue weighted by Crippen LogP contribution is -2.22. The average Bonchev–Trinajstić information content (AvgIpc) is 3.37. The minimum atomic E-state index is -4.20. The van der Waals surface area contributed by atoms with Gasteiger partial charge in [0, 0.05) is 5.02 Å². The van der Waals surface area contributed by atoms with Crippen LogP contribution in [-0.2, 0) is 14.8 Å². The second-order valence-corrected chi connectivity index (χ2v) is 15.3. The van der Waals surface area contributed by atoms with Gasteiger partial charge in [0.1, 0.15) is 5.69 Å². The normalized spacial score (nSPS) is 11.5. The van der Waals surface area contributed by atoms with Gasteiger partial charge in [-0.3, -0.25) is 14.6 Å². The van der Waals surface area contributed by atoms with Gasteiger partial charge in [-0.2, -0.15) is 0 Å². The Hall–Kier alpha value is -3.15. The molecule has 3 N–H and O–H groups in total. The maximum atomic E-state index is 13.8. The molecule has 270 valence electrons. The second-order valence-electron chi connectivity index (χ2n) is 12.0. The lowest BCUT2D eigenvalue weighted by atomic mass is 10.1. The SMILES string of the molecule is CCCCCCCCCCCCCCOC(=O)c1cc(Cl)c(-n2[nH]c(Nc3ccc(Cl)cc3Cl)c(NS(=O)(=O)c3ccccc3)c2=O)c(Cl)c1. The number of anilines is 3. The van der Waals surface area contributed by atoms with Crippen LogP contribution in [0.2, 0.25) is 20.1 Å². The van der Waals surface area contributed by atoms with Gasteiger partial charge in [-0.15, -0.1) is 0 Å². The smallest absolute Gasteiger partial charge is 0.338 e. The van der Waals surface area contributed by atoms with Crippen LogP contribution in [0.5, 0.6) is 0 Å². The largest absolute Gasteiger partial charge is 0.462 e. The van der Waals surface area contributed by atoms with Gasteiger partial charge >= 0.3 is 5.97 Å². The molecule has 4 aromatic rings. The summed E-state index contributed by atoms with van der Waals surface area (Å²) < 4.78 is 35.3. The van der Waals surface area contributed by atoms with Crippen molar-refractivity contribution in [1.82, 2.24) is 9.78 Å². The third kappa shape index (κ3) is 11.2. The number of H-pyrrole nitrogens is 1. The fraction of sp³-hybridized carbons (Fsp3) is 0.389. The number of benzene rings is 3. The molecule has 4 rings (SSSR count). The van der Waals surface area contributed by atoms with Crippen molar-refractivity contribution in [2.75, 3.05) is 16.6 Å². The first kappa shape index (κ1) is 39.6. The van der Waals surface area contributed by atoms with Crippen LogP contribution >= 0.6 is 46.4 Å². The van der Waals surface area contributed by atoms with Gasteiger partial charge in [-0.25, -0.2) is 17.9 Å². The van der Waals surface area contributed by atoms with Crippen molar-refractivity contribution in [2.45, 2.75) is 88.9 Å². The first-order valence-electron chi connectivity index (χ1n) is 16.8. The van der Waals surface area contributed by atoms with Gasteiger partial charge in [-0.05, 0) is 48.9 Å². The summed E-state index contributed by atoms with van der Waals surface area (Å²) in [5.74, 6) is -0.657. The van der Waals surface area contributed by atoms with Crippen molar-refractivity contribution in [3.05, 3.63) is 96.7 Å². The Morgan fingerprint density at radius 2 is 1.36 bits per heavy atom. The van der Waals surface area contributed by atoms with E-state index in [1.807, 2.05) is 0 Å². The van der Waals surface area contributed by atoms with Crippen LogP contribution in [0.3, 0.4) is 0 Å². The number of hydrogen-bond acceptors (Lipinski definition) is 6. The Balaban J connectivity index is 1.44. The van der Waals surface area contributed by atoms with Crippen LogP contribution in [0.15, 0.2) is 70.4 Å². The molecule has 0 atom stereocenters. The number of unbranched alkanes of at least 4 members (excludes halogenated alkanes) is 11. The number of aromatic amines is 1. The van der Waals surface area contributed by atoms with E-state index in [4.69, 9.17) is 51.1 Å². The molecule has 1 aromatic heterocycles. The molecule has 0 aliphatic carbocycles. The number of carbonyl (C=O) groups excluding carboxylic acids is 1. The van der Waals surface area contributed by atoms with Gasteiger partial charge in [0.25, 0.3) is 15.6 Å². The maximum Gasteiger partial charge on any atom is 0.338 e. The topological polar surface area (TPSA) is 122 Å². The molecule has 0 saturated carbocycles. The summed E-state index contributed by atoms with van der Waals surface area (Å²) in [7, 11) is -4.20. The number of halogens is 4. The molecule has 3 aromatic carbocycles. The van der Waals surface area contributed by atoms with Crippen molar-refractivity contribution in [1.29, 1.82) is 0 Å². The number of rotatable bonds is 20. The number of aromatic nitrogens is 2. The third-order valence-electron chi connectivity index (χ3n) is 8.08. The highest BCUT2D eigenvalue weighted by Crippen LogP contribution is 2.34. The zero-order chi connectivity index (χ0) is 36.1. The fourth-order valence-corrected chi connectivity index (χ4v) is 7.59. The average molecular weight is 785 g/mol. The van der Waals surface area contributed by atoms with E-state index in [-0.39, 0.29) is 49.3 Å². The van der Waals surface area contributed by atoms with E-state index < -0.39 is 21.6 Å². The molecule has 0 aliphatic rings. The van der Waals surface area contributed by atoms with Crippen molar-refractivity contribution >= 4 is 79.6 Å². The van der Waals surface area contributed by atoms with E-state index in [0.717, 1.165) is 23.9 Å². The molecule has 0 bridgehead atoms. The highest BCUT2D eigenvalue weighted by molar-refractivity contribution is 7.92. The Morgan fingerprint density at radius 1 is 0.780 bits per heavy atom. The number of nitrogens with zero attached hydrogens (tertiary/aromatic N) is 1. The van der Waals surface area contributed by atoms with Gasteiger partial charge in [0.15, 0.2) is 11.5 Å². The van der Waals surface area contributed by atoms with Gasteiger partial charge < -0.3 is 10.1 Å². The van der Waals surface area contributed by atoms with Crippen molar-refractivity contribution in [3.8, 4) is 5.69 Å². The van der Waals surface area contributed by atoms with Crippen molar-refractivity contribution in [2.24, 2.45) is 0 Å². The monoisotopic (exact) mass is 782 g/mol. The summed E-state index contributed by atoms with van der Waals surface area (Å²) in [6, 6.07) is 14.9. The van der Waals surface area contributed by atoms with Gasteiger partial charge in [0.2, 0.25) is 0 Å². The summed E-state index contributed by atoms with van der Waals surface area (Å²) in [6.45, 7) is 2.49. The minimum Gasteiger partial charge on any atom is -0.462 e. The molecular weight excluding hydrogens is 742 g/mol. The molecule has 14 heteroatoms. The van der Waals surface area contributed by atoms with Crippen LogP contribution in [0.4, 0.5) is 17.2 Å². The standard InChI is InChI=1S/C36H42Cl4N4O5S/c1-2-3-4-5-6-7-8-9-10-11-12-16-21-49-36(46)25-22-29(39)33(30(40)23-25)44-35(45)32(43-50(47,48)27-17-14-13-15-18-27)34(42-44)41-31-20-19-26(37)24-28(31)38/h13-15,17-20,22-24,41-43H,2-12,16,21H2,1H3. The molecular formula is C36H42Cl4N4O5S. The molecule has 0 spiro atoms. The minimum absolute atomic E-state index is 0.00810. The van der Waals surface area contributed by atoms with E-state index in [9.17, 15) is 18.0 Å². The fourth-order valence-electron chi connectivity index (χ4n) is 5.39. The second kappa shape index (κ2) is 19.5. The summed E-state index contributed by atoms with van der Waals surface area (Å²) in [5, 5.41) is 6.27. The summed E-state index contributed by atoms with van der Waals surface area (Å²) in [4.78, 5) is 26.6. The number of hydrogen-bond donors (Lipinski definition) is 3. The first-order valence-corrected chi connectivity index (χ1v) is 19.8. The summed E-state index contributed by atoms with van der Waals surface area (Å²) in [6.07, 6.45) is 14.4. The molecule has 1 heterocycles. The number of nitrogens with one attached hydrogen (secondary N) is 3. The van der Waals surface area contributed by atoms with Crippen LogP contribution in [0.1, 0.15) is 94.3 Å². The van der Waals surface area contributed by atoms with E-state index in [1.165, 1.54) is 88.1 Å². The highest BCUT2D eigenvalue weighted by Gasteiger charge is 2.25. The molecule has 0 aliphatic heterocycles. The molecule has 0 saturated heterocycles. The zero-order valence-corrected chi connectivity index (χ0v) is 31.7. The van der Waals surface area contributed by atoms with Gasteiger partial charge in [-0.1, -0.05) is 142 Å². The highest BCUT2D eigenvalue weighted by atomic mass is 35.5. The lowest BCUT2D eigenvalue weighted by Gasteiger charge is -2.11. The van der Waals surface area contributed by atoms with E-state index in [2.05, 4.69) is 22.1 Å². The number of esters is 1. The predicted molar refractivity (Wildman–Crippen MR) is 205 cm³/mol. The zero-order valence-electron chi connectivity index (χ0n) is 27.9. The molecule has 0 radical (unpaired) electrons. The van der Waals surface area contributed by atoms with Crippen LogP contribution in [0, 0.1) is 0 Å². The summed E-state index contributed by atoms with van der Waals surface area (Å²) in [5.41, 5.74) is -0.765. The first-order chi connectivity index (χ1) is 24.0. The van der Waals surface area contributed by atoms with E-state index in [1.54, 1.807) is 30.3 Å². The molecule has 0 fully saturated rings. The Labute approximate surface area is 313 Å². The van der Waals surface area contributed by atoms with Crippen molar-refractivity contribution in [3.63, 3.8) is 0 Å². The number of sulfonamides is 1. The lowest BCUT2D eigenvalue weighted by molar-refractivity contribution is 0.0497. The van der Waals surface area contributed by atoms with Crippen LogP contribution in [-0.4, -0.2) is 30.8 Å². The van der Waals surface area contributed by atoms with E-state index >= 15 is 0 Å². The molecule has 9 nitrogen and oxygen atoms in total. The molecule has 50 heavy (non-hydrogen) atoms. The number of ether oxygens (including phenoxy) is 1. The van der Waals surface area contributed by atoms with E-state index in [0.29, 0.717) is 10.7 Å².